The van der Waals surface area contributed by atoms with Crippen molar-refractivity contribution in [2.75, 3.05) is 7.11 Å². The van der Waals surface area contributed by atoms with Crippen LogP contribution in [0.2, 0.25) is 0 Å². The minimum atomic E-state index is -0.252. The molecule has 0 aliphatic carbocycles. The molecule has 0 unspecified atom stereocenters. The molecule has 0 radical (unpaired) electrons. The van der Waals surface area contributed by atoms with E-state index in [1.807, 2.05) is 29.7 Å². The van der Waals surface area contributed by atoms with Gasteiger partial charge in [-0.2, -0.15) is 0 Å². The van der Waals surface area contributed by atoms with Crippen molar-refractivity contribution in [3.05, 3.63) is 40.3 Å². The van der Waals surface area contributed by atoms with E-state index in [1.54, 1.807) is 11.8 Å². The van der Waals surface area contributed by atoms with Crippen LogP contribution in [-0.4, -0.2) is 13.1 Å². The molecule has 0 atom stereocenters. The number of carbonyl (C=O) groups is 1. The van der Waals surface area contributed by atoms with Gasteiger partial charge in [-0.05, 0) is 28.7 Å². The molecule has 0 saturated heterocycles. The maximum atomic E-state index is 11.4. The van der Waals surface area contributed by atoms with Crippen molar-refractivity contribution in [1.82, 2.24) is 0 Å². The molecule has 1 aliphatic heterocycles. The van der Waals surface area contributed by atoms with Crippen LogP contribution in [0.3, 0.4) is 0 Å². The summed E-state index contributed by atoms with van der Waals surface area (Å²) in [6.45, 7) is 0. The molecule has 0 aromatic heterocycles. The Balaban J connectivity index is 2.51. The molecule has 1 aliphatic rings. The first-order chi connectivity index (χ1) is 6.83. The van der Waals surface area contributed by atoms with E-state index in [9.17, 15) is 4.79 Å². The van der Waals surface area contributed by atoms with Crippen LogP contribution in [-0.2, 0) is 10.5 Å². The molecule has 0 amide bonds. The third-order valence-corrected chi connectivity index (χ3v) is 2.97. The van der Waals surface area contributed by atoms with Crippen molar-refractivity contribution in [1.29, 1.82) is 0 Å². The first-order valence-electron chi connectivity index (χ1n) is 4.31. The molecule has 0 spiro atoms. The Morgan fingerprint density at radius 1 is 1.50 bits per heavy atom. The number of ether oxygens (including phenoxy) is 1. The van der Waals surface area contributed by atoms with E-state index in [4.69, 9.17) is 4.74 Å². The molecule has 1 aromatic rings. The van der Waals surface area contributed by atoms with E-state index in [1.165, 1.54) is 7.11 Å². The Hall–Kier alpha value is -1.22. The Bertz CT molecular complexity index is 396. The second kappa shape index (κ2) is 3.88. The zero-order valence-corrected chi connectivity index (χ0v) is 8.64. The SMILES string of the molecule is COC(=O)c1cccc2c1CSC=C2. The Labute approximate surface area is 87.0 Å². The number of rotatable bonds is 1. The minimum absolute atomic E-state index is 0.252. The van der Waals surface area contributed by atoms with E-state index >= 15 is 0 Å². The van der Waals surface area contributed by atoms with Crippen molar-refractivity contribution in [3.63, 3.8) is 0 Å². The number of esters is 1. The minimum Gasteiger partial charge on any atom is -0.465 e. The molecular weight excluding hydrogens is 196 g/mol. The summed E-state index contributed by atoms with van der Waals surface area (Å²) in [4.78, 5) is 11.4. The van der Waals surface area contributed by atoms with Crippen LogP contribution in [0.15, 0.2) is 23.6 Å². The summed E-state index contributed by atoms with van der Waals surface area (Å²) in [5, 5.41) is 2.05. The Morgan fingerprint density at radius 2 is 2.36 bits per heavy atom. The Kier molecular flexibility index (Phi) is 2.59. The second-order valence-electron chi connectivity index (χ2n) is 2.98. The van der Waals surface area contributed by atoms with E-state index in [2.05, 4.69) is 0 Å². The number of hydrogen-bond acceptors (Lipinski definition) is 3. The lowest BCUT2D eigenvalue weighted by molar-refractivity contribution is 0.0600. The largest absolute Gasteiger partial charge is 0.465 e. The second-order valence-corrected chi connectivity index (χ2v) is 3.87. The fourth-order valence-corrected chi connectivity index (χ4v) is 2.30. The van der Waals surface area contributed by atoms with Gasteiger partial charge < -0.3 is 4.74 Å². The van der Waals surface area contributed by atoms with Crippen LogP contribution in [0.25, 0.3) is 6.08 Å². The van der Waals surface area contributed by atoms with Gasteiger partial charge in [-0.1, -0.05) is 12.1 Å². The molecule has 1 heterocycles. The monoisotopic (exact) mass is 206 g/mol. The van der Waals surface area contributed by atoms with Crippen LogP contribution in [0.4, 0.5) is 0 Å². The quantitative estimate of drug-likeness (QED) is 0.661. The Morgan fingerprint density at radius 3 is 3.14 bits per heavy atom. The van der Waals surface area contributed by atoms with E-state index < -0.39 is 0 Å². The van der Waals surface area contributed by atoms with Gasteiger partial charge in [0.2, 0.25) is 0 Å². The van der Waals surface area contributed by atoms with Gasteiger partial charge in [0, 0.05) is 5.75 Å². The summed E-state index contributed by atoms with van der Waals surface area (Å²) < 4.78 is 4.73. The van der Waals surface area contributed by atoms with Crippen molar-refractivity contribution >= 4 is 23.8 Å². The summed E-state index contributed by atoms with van der Waals surface area (Å²) in [7, 11) is 1.41. The fraction of sp³-hybridized carbons (Fsp3) is 0.182. The molecule has 0 fully saturated rings. The van der Waals surface area contributed by atoms with Gasteiger partial charge in [0.05, 0.1) is 12.7 Å². The fourth-order valence-electron chi connectivity index (χ4n) is 1.48. The number of thioether (sulfide) groups is 1. The van der Waals surface area contributed by atoms with E-state index in [0.29, 0.717) is 5.56 Å². The van der Waals surface area contributed by atoms with Gasteiger partial charge in [-0.15, -0.1) is 11.8 Å². The normalized spacial score (nSPS) is 13.5. The van der Waals surface area contributed by atoms with Crippen molar-refractivity contribution < 1.29 is 9.53 Å². The third kappa shape index (κ3) is 1.55. The lowest BCUT2D eigenvalue weighted by Crippen LogP contribution is -2.07. The van der Waals surface area contributed by atoms with E-state index in [0.717, 1.165) is 16.9 Å². The molecule has 3 heteroatoms. The highest BCUT2D eigenvalue weighted by molar-refractivity contribution is 8.01. The van der Waals surface area contributed by atoms with Crippen molar-refractivity contribution in [3.8, 4) is 0 Å². The molecule has 0 N–H and O–H groups in total. The summed E-state index contributed by atoms with van der Waals surface area (Å²) in [6, 6.07) is 5.70. The van der Waals surface area contributed by atoms with Crippen molar-refractivity contribution in [2.45, 2.75) is 5.75 Å². The molecule has 2 rings (SSSR count). The first-order valence-corrected chi connectivity index (χ1v) is 5.36. The highest BCUT2D eigenvalue weighted by Gasteiger charge is 2.15. The highest BCUT2D eigenvalue weighted by Crippen LogP contribution is 2.28. The van der Waals surface area contributed by atoms with Gasteiger partial charge >= 0.3 is 5.97 Å². The average Bonchev–Trinajstić information content (AvgIpc) is 2.27. The number of hydrogen-bond donors (Lipinski definition) is 0. The third-order valence-electron chi connectivity index (χ3n) is 2.19. The van der Waals surface area contributed by atoms with Gasteiger partial charge in [0.15, 0.2) is 0 Å². The van der Waals surface area contributed by atoms with Gasteiger partial charge in [-0.25, -0.2) is 4.79 Å². The number of fused-ring (bicyclic) bond motifs is 1. The van der Waals surface area contributed by atoms with Crippen LogP contribution < -0.4 is 0 Å². The molecule has 2 nitrogen and oxygen atoms in total. The van der Waals surface area contributed by atoms with Gasteiger partial charge in [-0.3, -0.25) is 0 Å². The zero-order chi connectivity index (χ0) is 9.97. The predicted molar refractivity (Wildman–Crippen MR) is 58.1 cm³/mol. The molecular formula is C11H10O2S. The number of methoxy groups -OCH3 is 1. The maximum Gasteiger partial charge on any atom is 0.338 e. The van der Waals surface area contributed by atoms with Crippen molar-refractivity contribution in [2.24, 2.45) is 0 Å². The predicted octanol–water partition coefficient (Wildman–Crippen LogP) is 2.69. The number of carbonyl (C=O) groups excluding carboxylic acids is 1. The lowest BCUT2D eigenvalue weighted by atomic mass is 10.0. The van der Waals surface area contributed by atoms with Crippen LogP contribution in [0, 0.1) is 0 Å². The smallest absolute Gasteiger partial charge is 0.338 e. The topological polar surface area (TPSA) is 26.3 Å². The zero-order valence-electron chi connectivity index (χ0n) is 7.82. The van der Waals surface area contributed by atoms with Gasteiger partial charge in [0.1, 0.15) is 0 Å². The first kappa shape index (κ1) is 9.34. The summed E-state index contributed by atoms with van der Waals surface area (Å²) in [5.41, 5.74) is 2.88. The molecule has 14 heavy (non-hydrogen) atoms. The molecule has 0 bridgehead atoms. The summed E-state index contributed by atoms with van der Waals surface area (Å²) in [5.74, 6) is 0.592. The average molecular weight is 206 g/mol. The van der Waals surface area contributed by atoms with Crippen LogP contribution >= 0.6 is 11.8 Å². The standard InChI is InChI=1S/C11H10O2S/c1-13-11(12)9-4-2-3-8-5-6-14-7-10(8)9/h2-6H,7H2,1H3. The molecule has 72 valence electrons. The lowest BCUT2D eigenvalue weighted by Gasteiger charge is -2.13. The van der Waals surface area contributed by atoms with Crippen LogP contribution in [0.1, 0.15) is 21.5 Å². The van der Waals surface area contributed by atoms with Crippen LogP contribution in [0.5, 0.6) is 0 Å². The maximum absolute atomic E-state index is 11.4. The molecule has 1 aromatic carbocycles. The highest BCUT2D eigenvalue weighted by atomic mass is 32.2. The molecule has 0 saturated carbocycles. The number of benzene rings is 1. The summed E-state index contributed by atoms with van der Waals surface area (Å²) >= 11 is 1.69. The van der Waals surface area contributed by atoms with E-state index in [-0.39, 0.29) is 5.97 Å². The summed E-state index contributed by atoms with van der Waals surface area (Å²) in [6.07, 6.45) is 2.02. The van der Waals surface area contributed by atoms with Gasteiger partial charge in [0.25, 0.3) is 0 Å².